The standard InChI is InChI=1S/C14H16N4O2.ClH/c1-18-9-16-8-12(18)14(19)17-11-2-3-13-10(6-11)7-15-4-5-20-13;/h2-3,6,8-9,15H,4-5,7H2,1H3,(H,17,19);1H. The smallest absolute Gasteiger partial charge is 0.273 e. The Morgan fingerprint density at radius 3 is 3.10 bits per heavy atom. The summed E-state index contributed by atoms with van der Waals surface area (Å²) in [4.78, 5) is 16.1. The van der Waals surface area contributed by atoms with Crippen LogP contribution in [0, 0.1) is 0 Å². The summed E-state index contributed by atoms with van der Waals surface area (Å²) < 4.78 is 7.29. The third-order valence-corrected chi connectivity index (χ3v) is 3.22. The fraction of sp³-hybridized carbons (Fsp3) is 0.286. The van der Waals surface area contributed by atoms with Crippen LogP contribution in [0.4, 0.5) is 5.69 Å². The Morgan fingerprint density at radius 2 is 2.33 bits per heavy atom. The molecular formula is C14H17ClN4O2. The van der Waals surface area contributed by atoms with Gasteiger partial charge in [-0.2, -0.15) is 0 Å². The number of hydrogen-bond donors (Lipinski definition) is 2. The molecule has 112 valence electrons. The maximum absolute atomic E-state index is 12.1. The number of imidazole rings is 1. The number of aromatic nitrogens is 2. The molecule has 0 spiro atoms. The van der Waals surface area contributed by atoms with Crippen LogP contribution in [0.3, 0.4) is 0 Å². The molecule has 3 rings (SSSR count). The zero-order valence-corrected chi connectivity index (χ0v) is 12.4. The number of ether oxygens (including phenoxy) is 1. The van der Waals surface area contributed by atoms with E-state index in [1.54, 1.807) is 24.1 Å². The van der Waals surface area contributed by atoms with Gasteiger partial charge in [-0.25, -0.2) is 4.98 Å². The van der Waals surface area contributed by atoms with E-state index in [4.69, 9.17) is 4.74 Å². The van der Waals surface area contributed by atoms with Crippen LogP contribution in [0.5, 0.6) is 5.75 Å². The number of nitrogens with one attached hydrogen (secondary N) is 2. The fourth-order valence-corrected chi connectivity index (χ4v) is 2.16. The third kappa shape index (κ3) is 3.34. The summed E-state index contributed by atoms with van der Waals surface area (Å²) in [6, 6.07) is 5.67. The second kappa shape index (κ2) is 6.60. The lowest BCUT2D eigenvalue weighted by atomic mass is 10.1. The zero-order valence-electron chi connectivity index (χ0n) is 11.6. The first-order valence-corrected chi connectivity index (χ1v) is 6.48. The Hall–Kier alpha value is -2.05. The van der Waals surface area contributed by atoms with Crippen LogP contribution in [0.15, 0.2) is 30.7 Å². The van der Waals surface area contributed by atoms with Crippen molar-refractivity contribution in [2.45, 2.75) is 6.54 Å². The van der Waals surface area contributed by atoms with Gasteiger partial charge in [0.05, 0.1) is 12.5 Å². The van der Waals surface area contributed by atoms with Crippen LogP contribution in [-0.4, -0.2) is 28.6 Å². The Labute approximate surface area is 128 Å². The highest BCUT2D eigenvalue weighted by Gasteiger charge is 2.13. The molecule has 0 saturated heterocycles. The highest BCUT2D eigenvalue weighted by atomic mass is 35.5. The number of carbonyl (C=O) groups excluding carboxylic acids is 1. The lowest BCUT2D eigenvalue weighted by Crippen LogP contribution is -2.16. The second-order valence-corrected chi connectivity index (χ2v) is 4.69. The van der Waals surface area contributed by atoms with Crippen molar-refractivity contribution in [3.63, 3.8) is 0 Å². The number of fused-ring (bicyclic) bond motifs is 1. The van der Waals surface area contributed by atoms with Crippen LogP contribution in [0.1, 0.15) is 16.1 Å². The van der Waals surface area contributed by atoms with Crippen LogP contribution in [0.25, 0.3) is 0 Å². The van der Waals surface area contributed by atoms with E-state index >= 15 is 0 Å². The van der Waals surface area contributed by atoms with Gasteiger partial charge in [-0.3, -0.25) is 4.79 Å². The van der Waals surface area contributed by atoms with Crippen molar-refractivity contribution in [1.29, 1.82) is 0 Å². The average Bonchev–Trinajstić information content (AvgIpc) is 2.73. The van der Waals surface area contributed by atoms with E-state index < -0.39 is 0 Å². The van der Waals surface area contributed by atoms with E-state index in [0.29, 0.717) is 12.3 Å². The molecule has 0 saturated carbocycles. The van der Waals surface area contributed by atoms with Gasteiger partial charge in [-0.15, -0.1) is 12.4 Å². The lowest BCUT2D eigenvalue weighted by molar-refractivity contribution is 0.101. The van der Waals surface area contributed by atoms with Gasteiger partial charge >= 0.3 is 0 Å². The quantitative estimate of drug-likeness (QED) is 0.884. The highest BCUT2D eigenvalue weighted by Crippen LogP contribution is 2.24. The first-order valence-electron chi connectivity index (χ1n) is 6.48. The van der Waals surface area contributed by atoms with Crippen LogP contribution >= 0.6 is 12.4 Å². The number of rotatable bonds is 2. The number of amides is 1. The first kappa shape index (κ1) is 15.3. The molecule has 7 heteroatoms. The first-order chi connectivity index (χ1) is 9.74. The molecule has 21 heavy (non-hydrogen) atoms. The summed E-state index contributed by atoms with van der Waals surface area (Å²) in [6.45, 7) is 2.23. The Morgan fingerprint density at radius 1 is 1.48 bits per heavy atom. The molecule has 6 nitrogen and oxygen atoms in total. The summed E-state index contributed by atoms with van der Waals surface area (Å²) in [6.07, 6.45) is 3.15. The van der Waals surface area contributed by atoms with E-state index in [2.05, 4.69) is 15.6 Å². The van der Waals surface area contributed by atoms with Crippen LogP contribution in [0.2, 0.25) is 0 Å². The van der Waals surface area contributed by atoms with E-state index in [-0.39, 0.29) is 18.3 Å². The molecule has 1 aliphatic rings. The Kier molecular flexibility index (Phi) is 4.82. The minimum atomic E-state index is -0.174. The largest absolute Gasteiger partial charge is 0.492 e. The number of carbonyl (C=O) groups is 1. The predicted molar refractivity (Wildman–Crippen MR) is 82.1 cm³/mol. The molecular weight excluding hydrogens is 292 g/mol. The minimum absolute atomic E-state index is 0. The second-order valence-electron chi connectivity index (χ2n) is 4.69. The number of halogens is 1. The maximum Gasteiger partial charge on any atom is 0.273 e. The van der Waals surface area contributed by atoms with Crippen molar-refractivity contribution < 1.29 is 9.53 Å². The molecule has 2 heterocycles. The molecule has 0 unspecified atom stereocenters. The van der Waals surface area contributed by atoms with Gasteiger partial charge < -0.3 is 19.9 Å². The van der Waals surface area contributed by atoms with Gasteiger partial charge in [0.15, 0.2) is 0 Å². The molecule has 0 fully saturated rings. The predicted octanol–water partition coefficient (Wildman–Crippen LogP) is 1.58. The summed E-state index contributed by atoms with van der Waals surface area (Å²) in [5, 5.41) is 6.14. The number of nitrogens with zero attached hydrogens (tertiary/aromatic N) is 2. The SMILES string of the molecule is Cl.Cn1cncc1C(=O)Nc1ccc2c(c1)CNCCO2. The normalized spacial score (nSPS) is 13.4. The summed E-state index contributed by atoms with van der Waals surface area (Å²) in [5.41, 5.74) is 2.32. The Balaban J connectivity index is 0.00000161. The van der Waals surface area contributed by atoms with Crippen molar-refractivity contribution in [2.24, 2.45) is 7.05 Å². The summed E-state index contributed by atoms with van der Waals surface area (Å²) >= 11 is 0. The molecule has 1 aromatic heterocycles. The average molecular weight is 309 g/mol. The number of aryl methyl sites for hydroxylation is 1. The number of anilines is 1. The fourth-order valence-electron chi connectivity index (χ4n) is 2.16. The topological polar surface area (TPSA) is 68.2 Å². The minimum Gasteiger partial charge on any atom is -0.492 e. The van der Waals surface area contributed by atoms with Crippen LogP contribution < -0.4 is 15.4 Å². The zero-order chi connectivity index (χ0) is 13.9. The molecule has 0 aliphatic carbocycles. The molecule has 0 atom stereocenters. The van der Waals surface area contributed by atoms with Gasteiger partial charge in [-0.1, -0.05) is 0 Å². The monoisotopic (exact) mass is 308 g/mol. The molecule has 2 aromatic rings. The Bertz CT molecular complexity index is 642. The van der Waals surface area contributed by atoms with Crippen molar-refractivity contribution in [2.75, 3.05) is 18.5 Å². The van der Waals surface area contributed by atoms with Gasteiger partial charge in [0.2, 0.25) is 0 Å². The van der Waals surface area contributed by atoms with Gasteiger partial charge in [-0.05, 0) is 18.2 Å². The maximum atomic E-state index is 12.1. The molecule has 1 aliphatic heterocycles. The number of benzene rings is 1. The van der Waals surface area contributed by atoms with Crippen molar-refractivity contribution in [3.05, 3.63) is 42.0 Å². The van der Waals surface area contributed by atoms with Crippen LogP contribution in [-0.2, 0) is 13.6 Å². The molecule has 0 bridgehead atoms. The number of hydrogen-bond acceptors (Lipinski definition) is 4. The van der Waals surface area contributed by atoms with Crippen molar-refractivity contribution in [3.8, 4) is 5.75 Å². The van der Waals surface area contributed by atoms with E-state index in [1.807, 2.05) is 18.2 Å². The van der Waals surface area contributed by atoms with Crippen molar-refractivity contribution >= 4 is 24.0 Å². The van der Waals surface area contributed by atoms with Crippen molar-refractivity contribution in [1.82, 2.24) is 14.9 Å². The molecule has 0 radical (unpaired) electrons. The van der Waals surface area contributed by atoms with Gasteiger partial charge in [0.25, 0.3) is 5.91 Å². The highest BCUT2D eigenvalue weighted by molar-refractivity contribution is 6.03. The lowest BCUT2D eigenvalue weighted by Gasteiger charge is -2.10. The summed E-state index contributed by atoms with van der Waals surface area (Å²) in [5.74, 6) is 0.695. The molecule has 2 N–H and O–H groups in total. The van der Waals surface area contributed by atoms with Gasteiger partial charge in [0.1, 0.15) is 18.1 Å². The third-order valence-electron chi connectivity index (χ3n) is 3.22. The van der Waals surface area contributed by atoms with Gasteiger partial charge in [0, 0.05) is 31.4 Å². The molecule has 1 aromatic carbocycles. The molecule has 1 amide bonds. The van der Waals surface area contributed by atoms with E-state index in [1.165, 1.54) is 0 Å². The summed E-state index contributed by atoms with van der Waals surface area (Å²) in [7, 11) is 1.79. The van der Waals surface area contributed by atoms with E-state index in [9.17, 15) is 4.79 Å². The van der Waals surface area contributed by atoms with E-state index in [0.717, 1.165) is 30.1 Å².